The SMILES string of the molecule is c1ccc(N(c2ccccc2)c2ccc3c(c2)Nc2cc(N(c4ccccc4)c4ccccc4)ccc2C3(c2ccccc2)c2ccccc2)cc1. The Labute approximate surface area is 305 Å². The molecule has 0 bridgehead atoms. The summed E-state index contributed by atoms with van der Waals surface area (Å²) in [5.74, 6) is 0. The van der Waals surface area contributed by atoms with Gasteiger partial charge in [0, 0.05) is 45.5 Å². The van der Waals surface area contributed by atoms with Crippen LogP contribution in [0.25, 0.3) is 0 Å². The first-order chi connectivity index (χ1) is 25.8. The summed E-state index contributed by atoms with van der Waals surface area (Å²) in [5, 5.41) is 3.98. The summed E-state index contributed by atoms with van der Waals surface area (Å²) in [6, 6.07) is 78.1. The molecule has 0 saturated heterocycles. The molecule has 1 heterocycles. The molecule has 0 aromatic heterocycles. The second kappa shape index (κ2) is 13.5. The van der Waals surface area contributed by atoms with Gasteiger partial charge in [0.05, 0.1) is 5.41 Å². The van der Waals surface area contributed by atoms with E-state index in [1.807, 2.05) is 0 Å². The number of hydrogen-bond acceptors (Lipinski definition) is 3. The van der Waals surface area contributed by atoms with E-state index >= 15 is 0 Å². The molecular formula is C49H37N3. The van der Waals surface area contributed by atoms with Crippen LogP contribution in [0.5, 0.6) is 0 Å². The Hall–Kier alpha value is -6.84. The second-order valence-electron chi connectivity index (χ2n) is 13.1. The number of nitrogens with zero attached hydrogens (tertiary/aromatic N) is 2. The lowest BCUT2D eigenvalue weighted by atomic mass is 9.63. The highest BCUT2D eigenvalue weighted by Crippen LogP contribution is 2.55. The zero-order valence-electron chi connectivity index (χ0n) is 28.7. The lowest BCUT2D eigenvalue weighted by Gasteiger charge is -2.43. The summed E-state index contributed by atoms with van der Waals surface area (Å²) in [5.41, 5.74) is 13.0. The molecule has 0 unspecified atom stereocenters. The van der Waals surface area contributed by atoms with Crippen molar-refractivity contribution in [1.82, 2.24) is 0 Å². The van der Waals surface area contributed by atoms with Gasteiger partial charge in [-0.25, -0.2) is 0 Å². The molecule has 248 valence electrons. The minimum Gasteiger partial charge on any atom is -0.355 e. The molecule has 3 heteroatoms. The summed E-state index contributed by atoms with van der Waals surface area (Å²) in [6.45, 7) is 0. The Bertz CT molecular complexity index is 2160. The molecule has 1 aliphatic rings. The van der Waals surface area contributed by atoms with Crippen molar-refractivity contribution in [3.8, 4) is 0 Å². The van der Waals surface area contributed by atoms with Gasteiger partial charge in [-0.3, -0.25) is 0 Å². The minimum atomic E-state index is -0.579. The van der Waals surface area contributed by atoms with E-state index in [2.05, 4.69) is 234 Å². The number of nitrogens with one attached hydrogen (secondary N) is 1. The molecule has 1 N–H and O–H groups in total. The number of para-hydroxylation sites is 4. The maximum atomic E-state index is 3.98. The van der Waals surface area contributed by atoms with Crippen LogP contribution >= 0.6 is 0 Å². The average molecular weight is 668 g/mol. The molecule has 9 rings (SSSR count). The maximum Gasteiger partial charge on any atom is 0.0741 e. The first-order valence-electron chi connectivity index (χ1n) is 17.8. The van der Waals surface area contributed by atoms with E-state index in [-0.39, 0.29) is 0 Å². The van der Waals surface area contributed by atoms with Crippen LogP contribution in [0.4, 0.5) is 45.5 Å². The van der Waals surface area contributed by atoms with E-state index in [9.17, 15) is 0 Å². The summed E-state index contributed by atoms with van der Waals surface area (Å²) < 4.78 is 0. The number of rotatable bonds is 8. The van der Waals surface area contributed by atoms with E-state index in [0.717, 1.165) is 45.5 Å². The summed E-state index contributed by atoms with van der Waals surface area (Å²) in [4.78, 5) is 4.65. The van der Waals surface area contributed by atoms with Crippen LogP contribution in [-0.2, 0) is 5.41 Å². The van der Waals surface area contributed by atoms with Crippen LogP contribution in [0.3, 0.4) is 0 Å². The molecule has 1 aliphatic heterocycles. The van der Waals surface area contributed by atoms with Gasteiger partial charge in [-0.1, -0.05) is 146 Å². The summed E-state index contributed by atoms with van der Waals surface area (Å²) >= 11 is 0. The van der Waals surface area contributed by atoms with Crippen molar-refractivity contribution in [2.24, 2.45) is 0 Å². The van der Waals surface area contributed by atoms with Crippen molar-refractivity contribution in [1.29, 1.82) is 0 Å². The molecule has 0 saturated carbocycles. The fraction of sp³-hybridized carbons (Fsp3) is 0.0204. The van der Waals surface area contributed by atoms with Crippen molar-refractivity contribution in [2.45, 2.75) is 5.41 Å². The summed E-state index contributed by atoms with van der Waals surface area (Å²) in [7, 11) is 0. The van der Waals surface area contributed by atoms with Crippen LogP contribution in [-0.4, -0.2) is 0 Å². The number of benzene rings is 8. The first kappa shape index (κ1) is 31.2. The van der Waals surface area contributed by atoms with Crippen LogP contribution in [0.2, 0.25) is 0 Å². The Morgan fingerprint density at radius 2 is 0.577 bits per heavy atom. The number of fused-ring (bicyclic) bond motifs is 2. The van der Waals surface area contributed by atoms with Crippen LogP contribution < -0.4 is 15.1 Å². The number of hydrogen-bond donors (Lipinski definition) is 1. The molecule has 0 amide bonds. The zero-order chi connectivity index (χ0) is 34.7. The Kier molecular flexibility index (Phi) is 8.07. The van der Waals surface area contributed by atoms with Gasteiger partial charge in [0.25, 0.3) is 0 Å². The monoisotopic (exact) mass is 667 g/mol. The average Bonchev–Trinajstić information content (AvgIpc) is 3.22. The first-order valence-corrected chi connectivity index (χ1v) is 17.8. The standard InChI is InChI=1S/C49H37N3/c1-7-19-37(20-8-1)49(38-21-9-2-10-22-38)45-33-31-43(51(39-23-11-3-12-24-39)40-25-13-4-14-26-40)35-47(45)50-48-36-44(32-34-46(48)49)52(41-27-15-5-16-28-41)42-29-17-6-18-30-42/h1-36,50H. The third-order valence-electron chi connectivity index (χ3n) is 10.1. The van der Waals surface area contributed by atoms with Gasteiger partial charge in [0.15, 0.2) is 0 Å². The second-order valence-corrected chi connectivity index (χ2v) is 13.1. The Morgan fingerprint density at radius 1 is 0.288 bits per heavy atom. The number of anilines is 8. The Balaban J connectivity index is 1.30. The smallest absolute Gasteiger partial charge is 0.0741 e. The van der Waals surface area contributed by atoms with E-state index in [1.165, 1.54) is 22.3 Å². The highest BCUT2D eigenvalue weighted by atomic mass is 15.2. The fourth-order valence-corrected chi connectivity index (χ4v) is 7.86. The van der Waals surface area contributed by atoms with Gasteiger partial charge in [0.2, 0.25) is 0 Å². The highest BCUT2D eigenvalue weighted by molar-refractivity contribution is 5.89. The molecule has 0 atom stereocenters. The van der Waals surface area contributed by atoms with Crippen LogP contribution in [0.1, 0.15) is 22.3 Å². The molecule has 8 aromatic rings. The van der Waals surface area contributed by atoms with Gasteiger partial charge in [-0.2, -0.15) is 0 Å². The fourth-order valence-electron chi connectivity index (χ4n) is 7.86. The topological polar surface area (TPSA) is 18.5 Å². The lowest BCUT2D eigenvalue weighted by Crippen LogP contribution is -2.35. The molecule has 0 aliphatic carbocycles. The zero-order valence-corrected chi connectivity index (χ0v) is 28.7. The molecule has 0 spiro atoms. The van der Waals surface area contributed by atoms with E-state index in [1.54, 1.807) is 0 Å². The normalized spacial score (nSPS) is 12.5. The van der Waals surface area contributed by atoms with Gasteiger partial charge >= 0.3 is 0 Å². The van der Waals surface area contributed by atoms with Crippen molar-refractivity contribution in [3.05, 3.63) is 241 Å². The van der Waals surface area contributed by atoms with Gasteiger partial charge in [-0.05, 0) is 95.1 Å². The third-order valence-corrected chi connectivity index (χ3v) is 10.1. The highest BCUT2D eigenvalue weighted by Gasteiger charge is 2.44. The maximum absolute atomic E-state index is 3.98. The molecule has 0 fully saturated rings. The molecular weight excluding hydrogens is 631 g/mol. The van der Waals surface area contributed by atoms with E-state index in [4.69, 9.17) is 0 Å². The van der Waals surface area contributed by atoms with Crippen molar-refractivity contribution in [2.75, 3.05) is 15.1 Å². The van der Waals surface area contributed by atoms with Crippen molar-refractivity contribution >= 4 is 45.5 Å². The van der Waals surface area contributed by atoms with Crippen molar-refractivity contribution in [3.63, 3.8) is 0 Å². The van der Waals surface area contributed by atoms with Crippen molar-refractivity contribution < 1.29 is 0 Å². The van der Waals surface area contributed by atoms with Gasteiger partial charge in [-0.15, -0.1) is 0 Å². The lowest BCUT2D eigenvalue weighted by molar-refractivity contribution is 0.740. The largest absolute Gasteiger partial charge is 0.355 e. The molecule has 8 aromatic carbocycles. The molecule has 3 nitrogen and oxygen atoms in total. The van der Waals surface area contributed by atoms with Crippen LogP contribution in [0.15, 0.2) is 218 Å². The van der Waals surface area contributed by atoms with Gasteiger partial charge < -0.3 is 15.1 Å². The minimum absolute atomic E-state index is 0.579. The molecule has 0 radical (unpaired) electrons. The summed E-state index contributed by atoms with van der Waals surface area (Å²) in [6.07, 6.45) is 0. The Morgan fingerprint density at radius 3 is 0.885 bits per heavy atom. The third kappa shape index (κ3) is 5.40. The van der Waals surface area contributed by atoms with E-state index in [0.29, 0.717) is 0 Å². The van der Waals surface area contributed by atoms with E-state index < -0.39 is 5.41 Å². The predicted molar refractivity (Wildman–Crippen MR) is 217 cm³/mol. The van der Waals surface area contributed by atoms with Gasteiger partial charge in [0.1, 0.15) is 0 Å². The predicted octanol–water partition coefficient (Wildman–Crippen LogP) is 13.1. The molecule has 52 heavy (non-hydrogen) atoms. The van der Waals surface area contributed by atoms with Crippen LogP contribution in [0, 0.1) is 0 Å². The quantitative estimate of drug-likeness (QED) is 0.174.